The average molecular weight is 573 g/mol. The van der Waals surface area contributed by atoms with Crippen LogP contribution in [0.2, 0.25) is 5.02 Å². The van der Waals surface area contributed by atoms with E-state index >= 15 is 0 Å². The zero-order valence-corrected chi connectivity index (χ0v) is 24.3. The fraction of sp³-hybridized carbons (Fsp3) is 0.303. The van der Waals surface area contributed by atoms with Crippen molar-refractivity contribution in [1.29, 1.82) is 0 Å². The predicted molar refractivity (Wildman–Crippen MR) is 159 cm³/mol. The van der Waals surface area contributed by atoms with E-state index in [0.717, 1.165) is 28.1 Å². The second kappa shape index (κ2) is 11.4. The molecule has 3 aromatic carbocycles. The quantitative estimate of drug-likeness (QED) is 0.220. The third kappa shape index (κ3) is 6.15. The Morgan fingerprint density at radius 1 is 1.07 bits per heavy atom. The number of β-lactam (4-membered cyclic amide) rings is 1. The Morgan fingerprint density at radius 3 is 2.49 bits per heavy atom. The van der Waals surface area contributed by atoms with Crippen LogP contribution in [0.4, 0.5) is 5.69 Å². The lowest BCUT2D eigenvalue weighted by Crippen LogP contribution is -2.65. The van der Waals surface area contributed by atoms with Crippen molar-refractivity contribution in [1.82, 2.24) is 4.98 Å². The van der Waals surface area contributed by atoms with Crippen molar-refractivity contribution in [3.8, 4) is 17.2 Å². The second-order valence-corrected chi connectivity index (χ2v) is 11.8. The maximum absolute atomic E-state index is 13.1. The molecule has 2 atom stereocenters. The standard InChI is InChI=1S/C33H33ClN2O5/c1-20-28(35-30(41-20)22-8-6-9-24(34)19-22)15-16-40-26-10-5-7-21(17-26)18-27-29(32(38)39)36(31(27)37)25-13-11-23(12-14-25)33(2,3)4/h5-14,17,19,27,29H,15-16,18H2,1-4H3,(H,38,39)/t27-,29-/m0/s1. The van der Waals surface area contributed by atoms with E-state index in [4.69, 9.17) is 20.8 Å². The van der Waals surface area contributed by atoms with Crippen molar-refractivity contribution in [3.63, 3.8) is 0 Å². The first-order chi connectivity index (χ1) is 19.5. The molecule has 0 unspecified atom stereocenters. The maximum Gasteiger partial charge on any atom is 0.327 e. The highest BCUT2D eigenvalue weighted by Gasteiger charge is 2.52. The molecule has 212 valence electrons. The SMILES string of the molecule is Cc1oc(-c2cccc(Cl)c2)nc1CCOc1cccc(C[C@@H]2C(=O)N(c3ccc(C(C)(C)C)cc3)[C@@H]2C(=O)O)c1. The highest BCUT2D eigenvalue weighted by atomic mass is 35.5. The molecule has 5 rings (SSSR count). The number of aliphatic carboxylic acids is 1. The Bertz CT molecular complexity index is 1570. The molecule has 2 heterocycles. The van der Waals surface area contributed by atoms with E-state index in [2.05, 4.69) is 25.8 Å². The number of benzene rings is 3. The van der Waals surface area contributed by atoms with Gasteiger partial charge < -0.3 is 14.3 Å². The van der Waals surface area contributed by atoms with Crippen LogP contribution in [0.5, 0.6) is 5.75 Å². The minimum absolute atomic E-state index is 0.0346. The number of aryl methyl sites for hydroxylation is 1. The van der Waals surface area contributed by atoms with Crippen molar-refractivity contribution in [2.24, 2.45) is 5.92 Å². The van der Waals surface area contributed by atoms with E-state index < -0.39 is 17.9 Å². The Hall–Kier alpha value is -4.10. The number of oxazole rings is 1. The summed E-state index contributed by atoms with van der Waals surface area (Å²) >= 11 is 6.10. The lowest BCUT2D eigenvalue weighted by Gasteiger charge is -2.44. The number of halogens is 1. The number of ether oxygens (including phenoxy) is 1. The highest BCUT2D eigenvalue weighted by Crippen LogP contribution is 2.36. The lowest BCUT2D eigenvalue weighted by atomic mass is 9.81. The largest absolute Gasteiger partial charge is 0.493 e. The van der Waals surface area contributed by atoms with Gasteiger partial charge in [0.15, 0.2) is 0 Å². The number of aromatic nitrogens is 1. The predicted octanol–water partition coefficient (Wildman–Crippen LogP) is 6.88. The summed E-state index contributed by atoms with van der Waals surface area (Å²) in [5.74, 6) is 0.0310. The number of carbonyl (C=O) groups is 2. The molecule has 0 radical (unpaired) electrons. The van der Waals surface area contributed by atoms with Crippen LogP contribution >= 0.6 is 11.6 Å². The lowest BCUT2D eigenvalue weighted by molar-refractivity contribution is -0.149. The first kappa shape index (κ1) is 28.4. The number of carbonyl (C=O) groups excluding carboxylic acids is 1. The van der Waals surface area contributed by atoms with Crippen LogP contribution in [0.1, 0.15) is 43.4 Å². The molecule has 0 spiro atoms. The molecule has 1 fully saturated rings. The van der Waals surface area contributed by atoms with Gasteiger partial charge in [-0.2, -0.15) is 0 Å². The van der Waals surface area contributed by atoms with Crippen LogP contribution in [-0.2, 0) is 27.8 Å². The number of anilines is 1. The van der Waals surface area contributed by atoms with Gasteiger partial charge in [-0.05, 0) is 72.4 Å². The Balaban J connectivity index is 1.21. The van der Waals surface area contributed by atoms with Gasteiger partial charge in [0.1, 0.15) is 17.6 Å². The van der Waals surface area contributed by atoms with E-state index in [1.165, 1.54) is 4.90 Å². The van der Waals surface area contributed by atoms with Crippen molar-refractivity contribution in [3.05, 3.63) is 100 Å². The number of hydrogen-bond donors (Lipinski definition) is 1. The molecule has 1 aromatic heterocycles. The van der Waals surface area contributed by atoms with Crippen molar-refractivity contribution < 1.29 is 23.8 Å². The minimum atomic E-state index is -1.01. The summed E-state index contributed by atoms with van der Waals surface area (Å²) in [5, 5.41) is 10.6. The first-order valence-corrected chi connectivity index (χ1v) is 14.0. The van der Waals surface area contributed by atoms with Gasteiger partial charge in [-0.1, -0.05) is 62.7 Å². The van der Waals surface area contributed by atoms with Crippen molar-refractivity contribution >= 4 is 29.2 Å². The Kier molecular flexibility index (Phi) is 7.91. The Morgan fingerprint density at radius 2 is 1.80 bits per heavy atom. The van der Waals surface area contributed by atoms with Gasteiger partial charge in [-0.15, -0.1) is 0 Å². The van der Waals surface area contributed by atoms with Gasteiger partial charge in [-0.3, -0.25) is 9.69 Å². The summed E-state index contributed by atoms with van der Waals surface area (Å²) in [7, 11) is 0. The molecule has 4 aromatic rings. The van der Waals surface area contributed by atoms with E-state index in [-0.39, 0.29) is 11.3 Å². The van der Waals surface area contributed by atoms with Crippen LogP contribution < -0.4 is 9.64 Å². The zero-order chi connectivity index (χ0) is 29.3. The van der Waals surface area contributed by atoms with Gasteiger partial charge in [0.25, 0.3) is 0 Å². The maximum atomic E-state index is 13.1. The average Bonchev–Trinajstić information content (AvgIpc) is 3.30. The number of hydrogen-bond acceptors (Lipinski definition) is 5. The summed E-state index contributed by atoms with van der Waals surface area (Å²) in [5.41, 5.74) is 4.14. The zero-order valence-electron chi connectivity index (χ0n) is 23.6. The summed E-state index contributed by atoms with van der Waals surface area (Å²) in [6.45, 7) is 8.58. The minimum Gasteiger partial charge on any atom is -0.493 e. The normalized spacial score (nSPS) is 16.9. The monoisotopic (exact) mass is 572 g/mol. The van der Waals surface area contributed by atoms with Crippen molar-refractivity contribution in [2.45, 2.75) is 52.0 Å². The summed E-state index contributed by atoms with van der Waals surface area (Å²) in [6.07, 6.45) is 0.861. The van der Waals surface area contributed by atoms with E-state index in [1.807, 2.05) is 73.7 Å². The summed E-state index contributed by atoms with van der Waals surface area (Å²) in [6, 6.07) is 21.4. The van der Waals surface area contributed by atoms with E-state index in [9.17, 15) is 14.7 Å². The van der Waals surface area contributed by atoms with Gasteiger partial charge in [0, 0.05) is 22.7 Å². The topological polar surface area (TPSA) is 92.9 Å². The van der Waals surface area contributed by atoms with Gasteiger partial charge >= 0.3 is 5.97 Å². The van der Waals surface area contributed by atoms with Gasteiger partial charge in [0.2, 0.25) is 11.8 Å². The van der Waals surface area contributed by atoms with Crippen molar-refractivity contribution in [2.75, 3.05) is 11.5 Å². The summed E-state index contributed by atoms with van der Waals surface area (Å²) < 4.78 is 11.8. The molecule has 7 nitrogen and oxygen atoms in total. The molecule has 1 aliphatic rings. The Labute approximate surface area is 244 Å². The smallest absolute Gasteiger partial charge is 0.327 e. The number of nitrogens with zero attached hydrogens (tertiary/aromatic N) is 2. The fourth-order valence-electron chi connectivity index (χ4n) is 5.13. The van der Waals surface area contributed by atoms with Crippen LogP contribution in [0, 0.1) is 12.8 Å². The van der Waals surface area contributed by atoms with E-state index in [1.54, 1.807) is 6.07 Å². The molecule has 0 bridgehead atoms. The molecule has 1 saturated heterocycles. The molecule has 8 heteroatoms. The molecule has 1 amide bonds. The third-order valence-electron chi connectivity index (χ3n) is 7.40. The van der Waals surface area contributed by atoms with Crippen LogP contribution in [0.15, 0.2) is 77.2 Å². The van der Waals surface area contributed by atoms with Crippen LogP contribution in [-0.4, -0.2) is 34.6 Å². The number of carboxylic acid groups (broad SMARTS) is 1. The highest BCUT2D eigenvalue weighted by molar-refractivity contribution is 6.30. The molecule has 0 saturated carbocycles. The molecule has 1 aliphatic heterocycles. The van der Waals surface area contributed by atoms with Crippen LogP contribution in [0.25, 0.3) is 11.5 Å². The van der Waals surface area contributed by atoms with E-state index in [0.29, 0.717) is 41.8 Å². The molecular weight excluding hydrogens is 540 g/mol. The molecular formula is C33H33ClN2O5. The molecule has 41 heavy (non-hydrogen) atoms. The van der Waals surface area contributed by atoms with Crippen LogP contribution in [0.3, 0.4) is 0 Å². The fourth-order valence-corrected chi connectivity index (χ4v) is 5.32. The number of rotatable bonds is 9. The van der Waals surface area contributed by atoms with Gasteiger partial charge in [-0.25, -0.2) is 9.78 Å². The van der Waals surface area contributed by atoms with Gasteiger partial charge in [0.05, 0.1) is 18.2 Å². The second-order valence-electron chi connectivity index (χ2n) is 11.4. The molecule has 1 N–H and O–H groups in total. The number of carboxylic acids is 1. The molecule has 0 aliphatic carbocycles. The third-order valence-corrected chi connectivity index (χ3v) is 7.64. The number of amides is 1. The summed E-state index contributed by atoms with van der Waals surface area (Å²) in [4.78, 5) is 31.3. The first-order valence-electron chi connectivity index (χ1n) is 13.6.